The lowest BCUT2D eigenvalue weighted by Crippen LogP contribution is -2.14. The first kappa shape index (κ1) is 15.5. The van der Waals surface area contributed by atoms with Crippen molar-refractivity contribution in [3.05, 3.63) is 65.6 Å². The highest BCUT2D eigenvalue weighted by Gasteiger charge is 2.05. The van der Waals surface area contributed by atoms with Gasteiger partial charge in [-0.05, 0) is 24.6 Å². The topological polar surface area (TPSA) is 34.4 Å². The molecule has 112 valence electrons. The lowest BCUT2D eigenvalue weighted by molar-refractivity contribution is 0.131. The molecule has 1 N–H and O–H groups in total. The summed E-state index contributed by atoms with van der Waals surface area (Å²) in [6, 6.07) is 12.2. The molecule has 2 aromatic rings. The minimum atomic E-state index is 0.509. The number of hydrogen-bond acceptors (Lipinski definition) is 3. The lowest BCUT2D eigenvalue weighted by atomic mass is 10.2. The van der Waals surface area contributed by atoms with Crippen molar-refractivity contribution < 1.29 is 9.15 Å². The van der Waals surface area contributed by atoms with E-state index in [0.29, 0.717) is 13.2 Å². The minimum Gasteiger partial charge on any atom is -0.467 e. The number of rotatable bonds is 9. The molecule has 1 aromatic carbocycles. The molecule has 1 aromatic heterocycles. The Labute approximate surface area is 126 Å². The van der Waals surface area contributed by atoms with Crippen molar-refractivity contribution in [1.29, 1.82) is 0 Å². The monoisotopic (exact) mass is 285 g/mol. The van der Waals surface area contributed by atoms with Crippen molar-refractivity contribution in [2.75, 3.05) is 13.2 Å². The summed E-state index contributed by atoms with van der Waals surface area (Å²) in [5.74, 6) is 0.909. The molecule has 3 nitrogen and oxygen atoms in total. The Morgan fingerprint density at radius 2 is 2.05 bits per heavy atom. The van der Waals surface area contributed by atoms with E-state index in [1.807, 2.05) is 30.3 Å². The van der Waals surface area contributed by atoms with Crippen LogP contribution < -0.4 is 5.32 Å². The molecule has 0 fully saturated rings. The van der Waals surface area contributed by atoms with Gasteiger partial charge in [0.25, 0.3) is 0 Å². The Morgan fingerprint density at radius 1 is 1.19 bits per heavy atom. The highest BCUT2D eigenvalue weighted by Crippen LogP contribution is 2.11. The molecule has 0 aliphatic carbocycles. The first-order valence-corrected chi connectivity index (χ1v) is 7.45. The van der Waals surface area contributed by atoms with Crippen molar-refractivity contribution in [1.82, 2.24) is 5.32 Å². The van der Waals surface area contributed by atoms with E-state index in [1.54, 1.807) is 6.26 Å². The van der Waals surface area contributed by atoms with Gasteiger partial charge in [-0.2, -0.15) is 0 Å². The zero-order chi connectivity index (χ0) is 14.8. The summed E-state index contributed by atoms with van der Waals surface area (Å²) in [6.45, 7) is 5.10. The molecule has 0 radical (unpaired) electrons. The molecule has 0 saturated carbocycles. The van der Waals surface area contributed by atoms with Gasteiger partial charge in [-0.25, -0.2) is 0 Å². The molecule has 0 amide bonds. The van der Waals surface area contributed by atoms with Gasteiger partial charge < -0.3 is 14.5 Å². The second kappa shape index (κ2) is 9.16. The normalized spacial score (nSPS) is 11.3. The average Bonchev–Trinajstić information content (AvgIpc) is 2.96. The van der Waals surface area contributed by atoms with Gasteiger partial charge in [0, 0.05) is 12.1 Å². The lowest BCUT2D eigenvalue weighted by Gasteiger charge is -2.04. The third-order valence-corrected chi connectivity index (χ3v) is 3.14. The van der Waals surface area contributed by atoms with E-state index in [2.05, 4.69) is 30.4 Å². The molecule has 0 bridgehead atoms. The zero-order valence-corrected chi connectivity index (χ0v) is 12.5. The fraction of sp³-hybridized carbons (Fsp3) is 0.333. The third kappa shape index (κ3) is 5.58. The Bertz CT molecular complexity index is 531. The highest BCUT2D eigenvalue weighted by atomic mass is 16.5. The second-order valence-corrected chi connectivity index (χ2v) is 4.87. The molecule has 0 unspecified atom stereocenters. The first-order valence-electron chi connectivity index (χ1n) is 7.45. The maximum absolute atomic E-state index is 5.64. The zero-order valence-electron chi connectivity index (χ0n) is 12.5. The molecular weight excluding hydrogens is 262 g/mol. The van der Waals surface area contributed by atoms with Crippen LogP contribution in [0.5, 0.6) is 0 Å². The Kier molecular flexibility index (Phi) is 6.78. The summed E-state index contributed by atoms with van der Waals surface area (Å²) in [7, 11) is 0. The highest BCUT2D eigenvalue weighted by molar-refractivity contribution is 5.48. The summed E-state index contributed by atoms with van der Waals surface area (Å²) in [5.41, 5.74) is 2.36. The van der Waals surface area contributed by atoms with E-state index >= 15 is 0 Å². The fourth-order valence-electron chi connectivity index (χ4n) is 2.02. The predicted molar refractivity (Wildman–Crippen MR) is 85.8 cm³/mol. The maximum Gasteiger partial charge on any atom is 0.133 e. The number of benzene rings is 1. The first-order chi connectivity index (χ1) is 10.4. The number of ether oxygens (including phenoxy) is 1. The number of furan rings is 1. The second-order valence-electron chi connectivity index (χ2n) is 4.87. The molecule has 0 spiro atoms. The quantitative estimate of drug-likeness (QED) is 0.707. The van der Waals surface area contributed by atoms with Crippen molar-refractivity contribution >= 4 is 6.08 Å². The van der Waals surface area contributed by atoms with Crippen LogP contribution in [0, 0.1) is 0 Å². The molecule has 1 heterocycles. The van der Waals surface area contributed by atoms with Crippen LogP contribution in [0.3, 0.4) is 0 Å². The van der Waals surface area contributed by atoms with Crippen LogP contribution >= 0.6 is 0 Å². The SMILES string of the molecule is CCCNCc1ccoc1COCC=Cc1ccccc1. The van der Waals surface area contributed by atoms with Crippen LogP contribution in [0.25, 0.3) is 6.08 Å². The van der Waals surface area contributed by atoms with E-state index in [1.165, 1.54) is 11.1 Å². The van der Waals surface area contributed by atoms with E-state index in [0.717, 1.165) is 25.3 Å². The van der Waals surface area contributed by atoms with Crippen LogP contribution in [-0.2, 0) is 17.9 Å². The van der Waals surface area contributed by atoms with Gasteiger partial charge in [-0.3, -0.25) is 0 Å². The summed E-state index contributed by atoms with van der Waals surface area (Å²) in [4.78, 5) is 0. The van der Waals surface area contributed by atoms with E-state index in [-0.39, 0.29) is 0 Å². The summed E-state index contributed by atoms with van der Waals surface area (Å²) in [5, 5.41) is 3.37. The molecule has 2 rings (SSSR count). The fourth-order valence-corrected chi connectivity index (χ4v) is 2.02. The van der Waals surface area contributed by atoms with Gasteiger partial charge >= 0.3 is 0 Å². The van der Waals surface area contributed by atoms with E-state index in [4.69, 9.17) is 9.15 Å². The summed E-state index contributed by atoms with van der Waals surface area (Å²) in [6.07, 6.45) is 6.94. The van der Waals surface area contributed by atoms with E-state index < -0.39 is 0 Å². The summed E-state index contributed by atoms with van der Waals surface area (Å²) < 4.78 is 11.1. The van der Waals surface area contributed by atoms with Crippen LogP contribution in [0.15, 0.2) is 53.2 Å². The van der Waals surface area contributed by atoms with Gasteiger partial charge in [0.1, 0.15) is 12.4 Å². The van der Waals surface area contributed by atoms with Gasteiger partial charge in [-0.1, -0.05) is 49.4 Å². The molecule has 0 aliphatic rings. The standard InChI is InChI=1S/C18H23NO2/c1-2-11-19-14-17-10-13-21-18(17)15-20-12-6-9-16-7-4-3-5-8-16/h3-10,13,19H,2,11-12,14-15H2,1H3. The molecule has 3 heteroatoms. The van der Waals surface area contributed by atoms with Gasteiger partial charge in [0.05, 0.1) is 12.9 Å². The van der Waals surface area contributed by atoms with Gasteiger partial charge in [0.15, 0.2) is 0 Å². The van der Waals surface area contributed by atoms with Crippen LogP contribution in [0.2, 0.25) is 0 Å². The van der Waals surface area contributed by atoms with Crippen LogP contribution in [0.4, 0.5) is 0 Å². The molecular formula is C18H23NO2. The minimum absolute atomic E-state index is 0.509. The number of nitrogens with one attached hydrogen (secondary N) is 1. The Balaban J connectivity index is 1.71. The van der Waals surface area contributed by atoms with Crippen molar-refractivity contribution in [2.45, 2.75) is 26.5 Å². The van der Waals surface area contributed by atoms with Gasteiger partial charge in [-0.15, -0.1) is 0 Å². The predicted octanol–water partition coefficient (Wildman–Crippen LogP) is 4.01. The third-order valence-electron chi connectivity index (χ3n) is 3.14. The van der Waals surface area contributed by atoms with Crippen LogP contribution in [0.1, 0.15) is 30.2 Å². The van der Waals surface area contributed by atoms with Crippen molar-refractivity contribution in [3.8, 4) is 0 Å². The average molecular weight is 285 g/mol. The molecule has 0 aliphatic heterocycles. The molecule has 0 saturated heterocycles. The smallest absolute Gasteiger partial charge is 0.133 e. The summed E-state index contributed by atoms with van der Waals surface area (Å²) >= 11 is 0. The molecule has 0 atom stereocenters. The largest absolute Gasteiger partial charge is 0.467 e. The maximum atomic E-state index is 5.64. The number of hydrogen-bond donors (Lipinski definition) is 1. The van der Waals surface area contributed by atoms with Crippen molar-refractivity contribution in [2.24, 2.45) is 0 Å². The Hall–Kier alpha value is -1.84. The van der Waals surface area contributed by atoms with Crippen molar-refractivity contribution in [3.63, 3.8) is 0 Å². The molecule has 21 heavy (non-hydrogen) atoms. The van der Waals surface area contributed by atoms with Gasteiger partial charge in [0.2, 0.25) is 0 Å². The Morgan fingerprint density at radius 3 is 2.86 bits per heavy atom. The van der Waals surface area contributed by atoms with Crippen LogP contribution in [-0.4, -0.2) is 13.2 Å². The van der Waals surface area contributed by atoms with E-state index in [9.17, 15) is 0 Å².